The van der Waals surface area contributed by atoms with Gasteiger partial charge in [-0.25, -0.2) is 8.42 Å². The van der Waals surface area contributed by atoms with Crippen molar-refractivity contribution in [2.45, 2.75) is 30.4 Å². The predicted molar refractivity (Wildman–Crippen MR) is 73.1 cm³/mol. The highest BCUT2D eigenvalue weighted by Crippen LogP contribution is 2.16. The maximum absolute atomic E-state index is 11.9. The van der Waals surface area contributed by atoms with Gasteiger partial charge in [-0.2, -0.15) is 0 Å². The quantitative estimate of drug-likeness (QED) is 0.606. The average Bonchev–Trinajstić information content (AvgIpc) is 2.29. The molecule has 0 aliphatic rings. The van der Waals surface area contributed by atoms with Crippen LogP contribution in [0, 0.1) is 0 Å². The van der Waals surface area contributed by atoms with Gasteiger partial charge in [-0.1, -0.05) is 12.1 Å². The number of nitrogens with zero attached hydrogens (tertiary/aromatic N) is 1. The monoisotopic (exact) mass is 269 g/mol. The molecule has 4 N–H and O–H groups in total. The highest BCUT2D eigenvalue weighted by molar-refractivity contribution is 7.92. The molecule has 0 saturated heterocycles. The van der Waals surface area contributed by atoms with E-state index in [9.17, 15) is 8.42 Å². The highest BCUT2D eigenvalue weighted by atomic mass is 32.2. The summed E-state index contributed by atoms with van der Waals surface area (Å²) in [6, 6.07) is 6.83. The van der Waals surface area contributed by atoms with Crippen LogP contribution in [0.15, 0.2) is 34.2 Å². The van der Waals surface area contributed by atoms with Crippen molar-refractivity contribution in [3.05, 3.63) is 29.8 Å². The number of benzene rings is 1. The largest absolute Gasteiger partial charge is 0.370 e. The molecule has 0 fully saturated rings. The van der Waals surface area contributed by atoms with Gasteiger partial charge in [-0.3, -0.25) is 4.99 Å². The third-order valence-electron chi connectivity index (χ3n) is 2.57. The molecule has 1 aromatic carbocycles. The summed E-state index contributed by atoms with van der Waals surface area (Å²) in [5.41, 5.74) is 11.4. The summed E-state index contributed by atoms with van der Waals surface area (Å²) in [5.74, 6) is 0.0639. The molecule has 0 spiro atoms. The summed E-state index contributed by atoms with van der Waals surface area (Å²) < 4.78 is 23.8. The van der Waals surface area contributed by atoms with E-state index in [4.69, 9.17) is 11.5 Å². The molecule has 0 aromatic heterocycles. The number of sulfone groups is 1. The molecule has 1 rings (SSSR count). The zero-order valence-corrected chi connectivity index (χ0v) is 11.4. The lowest BCUT2D eigenvalue weighted by Gasteiger charge is -2.08. The average molecular weight is 269 g/mol. The Hall–Kier alpha value is -1.56. The molecule has 1 aromatic rings. The lowest BCUT2D eigenvalue weighted by molar-refractivity contribution is 0.587. The highest BCUT2D eigenvalue weighted by Gasteiger charge is 2.18. The SMILES string of the molecule is CC(C)S(=O)(=O)c1ccc(CCN=C(N)N)cc1. The molecule has 0 amide bonds. The summed E-state index contributed by atoms with van der Waals surface area (Å²) in [6.07, 6.45) is 0.680. The number of aliphatic imine (C=N–C) groups is 1. The normalized spacial score (nSPS) is 11.5. The fourth-order valence-corrected chi connectivity index (χ4v) is 2.49. The van der Waals surface area contributed by atoms with Crippen LogP contribution in [0.4, 0.5) is 0 Å². The summed E-state index contributed by atoms with van der Waals surface area (Å²) in [5, 5.41) is -0.412. The van der Waals surface area contributed by atoms with Crippen molar-refractivity contribution in [2.24, 2.45) is 16.5 Å². The minimum atomic E-state index is -3.20. The van der Waals surface area contributed by atoms with Crippen molar-refractivity contribution < 1.29 is 8.42 Å². The summed E-state index contributed by atoms with van der Waals surface area (Å²) in [4.78, 5) is 4.22. The Labute approximate surface area is 108 Å². The van der Waals surface area contributed by atoms with Gasteiger partial charge in [0.2, 0.25) is 0 Å². The first-order valence-electron chi connectivity index (χ1n) is 5.72. The van der Waals surface area contributed by atoms with E-state index >= 15 is 0 Å². The van der Waals surface area contributed by atoms with Crippen molar-refractivity contribution >= 4 is 15.8 Å². The van der Waals surface area contributed by atoms with Crippen LogP contribution < -0.4 is 11.5 Å². The van der Waals surface area contributed by atoms with Crippen molar-refractivity contribution in [3.8, 4) is 0 Å². The molecule has 100 valence electrons. The molecule has 0 atom stereocenters. The Bertz CT molecular complexity index is 515. The van der Waals surface area contributed by atoms with E-state index in [-0.39, 0.29) is 5.96 Å². The maximum Gasteiger partial charge on any atom is 0.185 e. The summed E-state index contributed by atoms with van der Waals surface area (Å²) in [7, 11) is -3.20. The molecule has 0 aliphatic carbocycles. The first kappa shape index (κ1) is 14.5. The Kier molecular flexibility index (Phi) is 4.72. The molecule has 0 bridgehead atoms. The van der Waals surface area contributed by atoms with Crippen molar-refractivity contribution in [1.29, 1.82) is 0 Å². The molecule has 6 heteroatoms. The molecule has 0 radical (unpaired) electrons. The zero-order chi connectivity index (χ0) is 13.8. The summed E-state index contributed by atoms with van der Waals surface area (Å²) >= 11 is 0. The zero-order valence-electron chi connectivity index (χ0n) is 10.6. The topological polar surface area (TPSA) is 98.5 Å². The third kappa shape index (κ3) is 3.73. The number of hydrogen-bond donors (Lipinski definition) is 2. The van der Waals surface area contributed by atoms with Crippen LogP contribution in [-0.4, -0.2) is 26.2 Å². The molecular formula is C12H19N3O2S. The van der Waals surface area contributed by atoms with Crippen LogP contribution in [-0.2, 0) is 16.3 Å². The number of rotatable bonds is 5. The predicted octanol–water partition coefficient (Wildman–Crippen LogP) is 0.685. The number of nitrogens with two attached hydrogens (primary N) is 2. The molecule has 0 unspecified atom stereocenters. The molecule has 0 aliphatic heterocycles. The van der Waals surface area contributed by atoms with Gasteiger partial charge >= 0.3 is 0 Å². The van der Waals surface area contributed by atoms with Gasteiger partial charge in [0.25, 0.3) is 0 Å². The molecule has 18 heavy (non-hydrogen) atoms. The lowest BCUT2D eigenvalue weighted by atomic mass is 10.1. The van der Waals surface area contributed by atoms with Gasteiger partial charge in [-0.15, -0.1) is 0 Å². The third-order valence-corrected chi connectivity index (χ3v) is 4.74. The van der Waals surface area contributed by atoms with Crippen LogP contribution in [0.2, 0.25) is 0 Å². The fourth-order valence-electron chi connectivity index (χ4n) is 1.43. The van der Waals surface area contributed by atoms with Gasteiger partial charge < -0.3 is 11.5 Å². The first-order chi connectivity index (χ1) is 8.34. The van der Waals surface area contributed by atoms with E-state index in [0.29, 0.717) is 17.9 Å². The van der Waals surface area contributed by atoms with E-state index in [1.807, 2.05) is 0 Å². The Morgan fingerprint density at radius 1 is 1.22 bits per heavy atom. The second kappa shape index (κ2) is 5.86. The smallest absolute Gasteiger partial charge is 0.185 e. The molecule has 0 heterocycles. The Morgan fingerprint density at radius 2 is 1.78 bits per heavy atom. The van der Waals surface area contributed by atoms with Gasteiger partial charge in [0.1, 0.15) is 0 Å². The van der Waals surface area contributed by atoms with Crippen LogP contribution in [0.3, 0.4) is 0 Å². The lowest BCUT2D eigenvalue weighted by Crippen LogP contribution is -2.23. The second-order valence-corrected chi connectivity index (χ2v) is 6.80. The van der Waals surface area contributed by atoms with E-state index in [1.165, 1.54) is 0 Å². The van der Waals surface area contributed by atoms with Gasteiger partial charge in [0.05, 0.1) is 10.1 Å². The number of guanidine groups is 1. The van der Waals surface area contributed by atoms with E-state index in [2.05, 4.69) is 4.99 Å². The summed E-state index contributed by atoms with van der Waals surface area (Å²) in [6.45, 7) is 3.84. The fraction of sp³-hybridized carbons (Fsp3) is 0.417. The minimum absolute atomic E-state index is 0.0639. The number of hydrogen-bond acceptors (Lipinski definition) is 3. The van der Waals surface area contributed by atoms with E-state index < -0.39 is 15.1 Å². The first-order valence-corrected chi connectivity index (χ1v) is 7.27. The van der Waals surface area contributed by atoms with Crippen molar-refractivity contribution in [2.75, 3.05) is 6.54 Å². The minimum Gasteiger partial charge on any atom is -0.370 e. The standard InChI is InChI=1S/C12H19N3O2S/c1-9(2)18(16,17)11-5-3-10(4-6-11)7-8-15-12(13)14/h3-6,9H,7-8H2,1-2H3,(H4,13,14,15). The van der Waals surface area contributed by atoms with Crippen molar-refractivity contribution in [3.63, 3.8) is 0 Å². The second-order valence-electron chi connectivity index (χ2n) is 4.29. The maximum atomic E-state index is 11.9. The Balaban J connectivity index is 2.78. The van der Waals surface area contributed by atoms with E-state index in [0.717, 1.165) is 5.56 Å². The van der Waals surface area contributed by atoms with Crippen LogP contribution in [0.25, 0.3) is 0 Å². The molecule has 0 saturated carbocycles. The van der Waals surface area contributed by atoms with Crippen LogP contribution in [0.5, 0.6) is 0 Å². The molecule has 5 nitrogen and oxygen atoms in total. The van der Waals surface area contributed by atoms with Gasteiger partial charge in [0.15, 0.2) is 15.8 Å². The van der Waals surface area contributed by atoms with Crippen molar-refractivity contribution in [1.82, 2.24) is 0 Å². The van der Waals surface area contributed by atoms with Crippen LogP contribution >= 0.6 is 0 Å². The molecular weight excluding hydrogens is 250 g/mol. The van der Waals surface area contributed by atoms with Gasteiger partial charge in [0, 0.05) is 6.54 Å². The van der Waals surface area contributed by atoms with Crippen LogP contribution in [0.1, 0.15) is 19.4 Å². The van der Waals surface area contributed by atoms with Gasteiger partial charge in [-0.05, 0) is 38.0 Å². The van der Waals surface area contributed by atoms with E-state index in [1.54, 1.807) is 38.1 Å². The Morgan fingerprint density at radius 3 is 2.22 bits per heavy atom.